The number of benzene rings is 1. The lowest BCUT2D eigenvalue weighted by atomic mass is 10.1. The van der Waals surface area contributed by atoms with Crippen molar-refractivity contribution in [2.45, 2.75) is 27.9 Å². The van der Waals surface area contributed by atoms with E-state index in [1.54, 1.807) is 0 Å². The molecule has 0 N–H and O–H groups in total. The summed E-state index contributed by atoms with van der Waals surface area (Å²) < 4.78 is 0.791. The Morgan fingerprint density at radius 2 is 1.42 bits per heavy atom. The highest BCUT2D eigenvalue weighted by Gasteiger charge is 2.40. The van der Waals surface area contributed by atoms with Gasteiger partial charge in [0.1, 0.15) is 0 Å². The third-order valence-corrected chi connectivity index (χ3v) is 10.8. The maximum atomic E-state index is 2.44. The smallest absolute Gasteiger partial charge is 0.0861 e. The van der Waals surface area contributed by atoms with Crippen molar-refractivity contribution in [2.75, 3.05) is 23.0 Å². The van der Waals surface area contributed by atoms with Gasteiger partial charge in [0.2, 0.25) is 0 Å². The first-order chi connectivity index (χ1) is 9.23. The highest BCUT2D eigenvalue weighted by atomic mass is 32.2. The second-order valence-corrected chi connectivity index (χ2v) is 11.6. The highest BCUT2D eigenvalue weighted by molar-refractivity contribution is 8.21. The lowest BCUT2D eigenvalue weighted by Gasteiger charge is -2.32. The zero-order valence-corrected chi connectivity index (χ0v) is 14.5. The Bertz CT molecular complexity index is 405. The molecule has 0 saturated carbocycles. The van der Waals surface area contributed by atoms with Crippen LogP contribution in [0.25, 0.3) is 0 Å². The van der Waals surface area contributed by atoms with Crippen LogP contribution in [0.1, 0.15) is 25.3 Å². The second-order valence-electron chi connectivity index (χ2n) is 5.15. The van der Waals surface area contributed by atoms with Crippen LogP contribution in [0.4, 0.5) is 0 Å². The molecule has 2 saturated heterocycles. The minimum Gasteiger partial charge on any atom is -0.144 e. The van der Waals surface area contributed by atoms with E-state index >= 15 is 0 Å². The molecule has 0 amide bonds. The first-order valence-electron chi connectivity index (χ1n) is 6.84. The monoisotopic (exact) mass is 328 g/mol. The average Bonchev–Trinajstić information content (AvgIpc) is 3.08. The molecule has 2 aliphatic heterocycles. The molecule has 0 aliphatic carbocycles. The van der Waals surface area contributed by atoms with Crippen LogP contribution in [-0.4, -0.2) is 27.1 Å². The van der Waals surface area contributed by atoms with Crippen LogP contribution in [0.15, 0.2) is 30.3 Å². The van der Waals surface area contributed by atoms with Gasteiger partial charge in [-0.1, -0.05) is 30.3 Å². The molecular weight excluding hydrogens is 308 g/mol. The molecule has 0 aromatic heterocycles. The van der Waals surface area contributed by atoms with Gasteiger partial charge in [0.25, 0.3) is 0 Å². The summed E-state index contributed by atoms with van der Waals surface area (Å²) in [6.45, 7) is 2.44. The Morgan fingerprint density at radius 1 is 0.842 bits per heavy atom. The van der Waals surface area contributed by atoms with Crippen molar-refractivity contribution in [2.24, 2.45) is 0 Å². The topological polar surface area (TPSA) is 0 Å². The van der Waals surface area contributed by atoms with E-state index in [9.17, 15) is 0 Å². The molecule has 2 heterocycles. The number of rotatable bonds is 4. The largest absolute Gasteiger partial charge is 0.144 e. The fraction of sp³-hybridized carbons (Fsp3) is 0.600. The standard InChI is InChI=1S/C15H20S4/c1-14(16-9-10-17-14)7-8-15(18-11-12-19-15)13-5-3-2-4-6-13/h2-6H,7-12H2,1H3. The van der Waals surface area contributed by atoms with Gasteiger partial charge in [0, 0.05) is 23.0 Å². The van der Waals surface area contributed by atoms with Gasteiger partial charge in [-0.25, -0.2) is 0 Å². The van der Waals surface area contributed by atoms with Gasteiger partial charge < -0.3 is 0 Å². The van der Waals surface area contributed by atoms with Crippen LogP contribution >= 0.6 is 47.0 Å². The lowest BCUT2D eigenvalue weighted by Crippen LogP contribution is -2.20. The molecule has 0 spiro atoms. The summed E-state index contributed by atoms with van der Waals surface area (Å²) in [6, 6.07) is 11.2. The molecule has 0 bridgehead atoms. The van der Waals surface area contributed by atoms with Crippen molar-refractivity contribution >= 4 is 47.0 Å². The molecule has 0 nitrogen and oxygen atoms in total. The number of hydrogen-bond acceptors (Lipinski definition) is 4. The molecule has 104 valence electrons. The fourth-order valence-electron chi connectivity index (χ4n) is 2.69. The van der Waals surface area contributed by atoms with Gasteiger partial charge in [-0.3, -0.25) is 0 Å². The van der Waals surface area contributed by atoms with Gasteiger partial charge in [-0.05, 0) is 25.3 Å². The minimum absolute atomic E-state index is 0.327. The quantitative estimate of drug-likeness (QED) is 0.735. The fourth-order valence-corrected chi connectivity index (χ4v) is 8.81. The Kier molecular flexibility index (Phi) is 4.72. The van der Waals surface area contributed by atoms with Crippen molar-refractivity contribution < 1.29 is 0 Å². The van der Waals surface area contributed by atoms with Gasteiger partial charge >= 0.3 is 0 Å². The highest BCUT2D eigenvalue weighted by Crippen LogP contribution is 2.57. The molecule has 4 heteroatoms. The Morgan fingerprint density at radius 3 is 2.05 bits per heavy atom. The zero-order chi connectivity index (χ0) is 13.2. The molecular formula is C15H20S4. The van der Waals surface area contributed by atoms with Crippen molar-refractivity contribution in [3.63, 3.8) is 0 Å². The Balaban J connectivity index is 1.74. The summed E-state index contributed by atoms with van der Waals surface area (Å²) in [7, 11) is 0. The van der Waals surface area contributed by atoms with E-state index in [1.165, 1.54) is 41.4 Å². The average molecular weight is 329 g/mol. The molecule has 19 heavy (non-hydrogen) atoms. The SMILES string of the molecule is CC1(CCC2(c3ccccc3)SCCS2)SCCS1. The van der Waals surface area contributed by atoms with Crippen molar-refractivity contribution in [1.29, 1.82) is 0 Å². The second kappa shape index (κ2) is 6.17. The van der Waals surface area contributed by atoms with Crippen LogP contribution in [0.3, 0.4) is 0 Å². The van der Waals surface area contributed by atoms with Crippen LogP contribution < -0.4 is 0 Å². The molecule has 1 aromatic carbocycles. The van der Waals surface area contributed by atoms with E-state index in [1.807, 2.05) is 0 Å². The summed E-state index contributed by atoms with van der Waals surface area (Å²) in [5.41, 5.74) is 1.53. The van der Waals surface area contributed by atoms with Gasteiger partial charge in [0.05, 0.1) is 8.16 Å². The third kappa shape index (κ3) is 3.28. The Hall–Kier alpha value is 0.620. The summed E-state index contributed by atoms with van der Waals surface area (Å²) in [6.07, 6.45) is 2.64. The van der Waals surface area contributed by atoms with E-state index in [-0.39, 0.29) is 0 Å². The van der Waals surface area contributed by atoms with Gasteiger partial charge in [-0.15, -0.1) is 47.0 Å². The summed E-state index contributed by atoms with van der Waals surface area (Å²) in [5, 5.41) is 0. The third-order valence-electron chi connectivity index (χ3n) is 3.77. The summed E-state index contributed by atoms with van der Waals surface area (Å²) in [4.78, 5) is 0. The molecule has 2 aliphatic rings. The summed E-state index contributed by atoms with van der Waals surface area (Å²) >= 11 is 8.67. The number of thioether (sulfide) groups is 4. The van der Waals surface area contributed by atoms with E-state index < -0.39 is 0 Å². The first-order valence-corrected chi connectivity index (χ1v) is 10.8. The van der Waals surface area contributed by atoms with Crippen molar-refractivity contribution in [1.82, 2.24) is 0 Å². The maximum absolute atomic E-state index is 2.44. The van der Waals surface area contributed by atoms with Gasteiger partial charge in [0.15, 0.2) is 0 Å². The summed E-state index contributed by atoms with van der Waals surface area (Å²) in [5.74, 6) is 5.27. The predicted octanol–water partition coefficient (Wildman–Crippen LogP) is 5.30. The van der Waals surface area contributed by atoms with Crippen molar-refractivity contribution in [3.05, 3.63) is 35.9 Å². The van der Waals surface area contributed by atoms with E-state index in [0.29, 0.717) is 8.16 Å². The normalized spacial score (nSPS) is 24.7. The molecule has 1 aromatic rings. The maximum Gasteiger partial charge on any atom is 0.0861 e. The minimum atomic E-state index is 0.327. The van der Waals surface area contributed by atoms with Crippen LogP contribution in [0.2, 0.25) is 0 Å². The first kappa shape index (κ1) is 14.6. The van der Waals surface area contributed by atoms with Crippen LogP contribution in [0, 0.1) is 0 Å². The molecule has 0 radical (unpaired) electrons. The van der Waals surface area contributed by atoms with Crippen LogP contribution in [0.5, 0.6) is 0 Å². The Labute approximate surface area is 133 Å². The van der Waals surface area contributed by atoms with E-state index in [0.717, 1.165) is 0 Å². The van der Waals surface area contributed by atoms with Gasteiger partial charge in [-0.2, -0.15) is 0 Å². The molecule has 0 unspecified atom stereocenters. The van der Waals surface area contributed by atoms with E-state index in [4.69, 9.17) is 0 Å². The van der Waals surface area contributed by atoms with Crippen LogP contribution in [-0.2, 0) is 4.08 Å². The lowest BCUT2D eigenvalue weighted by molar-refractivity contribution is 0.666. The number of hydrogen-bond donors (Lipinski definition) is 0. The van der Waals surface area contributed by atoms with Crippen molar-refractivity contribution in [3.8, 4) is 0 Å². The predicted molar refractivity (Wildman–Crippen MR) is 95.6 cm³/mol. The molecule has 3 rings (SSSR count). The molecule has 2 fully saturated rings. The van der Waals surface area contributed by atoms with E-state index in [2.05, 4.69) is 84.3 Å². The molecule has 0 atom stereocenters. The zero-order valence-electron chi connectivity index (χ0n) is 11.3.